The van der Waals surface area contributed by atoms with Crippen LogP contribution < -0.4 is 10.2 Å². The van der Waals surface area contributed by atoms with Gasteiger partial charge in [-0.15, -0.1) is 0 Å². The monoisotopic (exact) mass is 428 g/mol. The first-order valence-corrected chi connectivity index (χ1v) is 11.8. The Bertz CT molecular complexity index is 878. The summed E-state index contributed by atoms with van der Waals surface area (Å²) in [5, 5.41) is 4.10. The van der Waals surface area contributed by atoms with E-state index in [-0.39, 0.29) is 18.1 Å². The fraction of sp³-hybridized carbons (Fsp3) is 0.609. The van der Waals surface area contributed by atoms with E-state index >= 15 is 0 Å². The van der Waals surface area contributed by atoms with Crippen molar-refractivity contribution in [1.29, 1.82) is 0 Å². The molecule has 162 valence electrons. The minimum atomic E-state index is 0.123. The predicted octanol–water partition coefficient (Wildman–Crippen LogP) is 4.24. The molecule has 1 aliphatic carbocycles. The summed E-state index contributed by atoms with van der Waals surface area (Å²) in [6.45, 7) is 10.4. The van der Waals surface area contributed by atoms with E-state index < -0.39 is 0 Å². The summed E-state index contributed by atoms with van der Waals surface area (Å²) in [4.78, 5) is 25.2. The second kappa shape index (κ2) is 9.02. The van der Waals surface area contributed by atoms with E-state index in [1.165, 1.54) is 12.8 Å². The minimum absolute atomic E-state index is 0.123. The summed E-state index contributed by atoms with van der Waals surface area (Å²) in [5.74, 6) is 0.892. The lowest BCUT2D eigenvalue weighted by atomic mass is 10.1. The van der Waals surface area contributed by atoms with E-state index in [0.29, 0.717) is 13.0 Å². The first-order valence-electron chi connectivity index (χ1n) is 11.0. The van der Waals surface area contributed by atoms with Crippen LogP contribution in [-0.4, -0.2) is 41.2 Å². The molecule has 1 saturated heterocycles. The zero-order chi connectivity index (χ0) is 21.3. The van der Waals surface area contributed by atoms with Gasteiger partial charge in [0.1, 0.15) is 0 Å². The Morgan fingerprint density at radius 1 is 1.17 bits per heavy atom. The summed E-state index contributed by atoms with van der Waals surface area (Å²) < 4.78 is 5.89. The number of aromatic nitrogens is 2. The molecule has 0 radical (unpaired) electrons. The quantitative estimate of drug-likeness (QED) is 0.714. The Labute approximate surface area is 183 Å². The molecule has 4 rings (SSSR count). The molecule has 1 amide bonds. The zero-order valence-electron chi connectivity index (χ0n) is 18.4. The molecule has 1 saturated carbocycles. The zero-order valence-corrected chi connectivity index (χ0v) is 19.2. The smallest absolute Gasteiger partial charge is 0.220 e. The van der Waals surface area contributed by atoms with Crippen LogP contribution in [0, 0.1) is 19.8 Å². The molecule has 0 unspecified atom stereocenters. The maximum Gasteiger partial charge on any atom is 0.220 e. The Balaban J connectivity index is 1.57. The average molecular weight is 429 g/mol. The number of anilines is 1. The van der Waals surface area contributed by atoms with Crippen molar-refractivity contribution in [3.63, 3.8) is 0 Å². The molecule has 1 aliphatic heterocycles. The van der Waals surface area contributed by atoms with Gasteiger partial charge in [-0.3, -0.25) is 9.78 Å². The fourth-order valence-electron chi connectivity index (χ4n) is 4.13. The predicted molar refractivity (Wildman–Crippen MR) is 121 cm³/mol. The van der Waals surface area contributed by atoms with Crippen molar-refractivity contribution < 1.29 is 9.53 Å². The molecule has 2 aliphatic rings. The number of ether oxygens (including phenoxy) is 1. The number of morpholine rings is 1. The molecular formula is C23H32N4O2S. The summed E-state index contributed by atoms with van der Waals surface area (Å²) in [5.41, 5.74) is 4.05. The lowest BCUT2D eigenvalue weighted by Crippen LogP contribution is -2.45. The first kappa shape index (κ1) is 21.2. The first-order chi connectivity index (χ1) is 14.4. The Morgan fingerprint density at radius 3 is 2.47 bits per heavy atom. The molecule has 3 heterocycles. The van der Waals surface area contributed by atoms with Crippen LogP contribution in [-0.2, 0) is 16.1 Å². The molecule has 2 aromatic rings. The standard InChI is InChI=1S/C23H32N4O2S/c1-14-9-19(10-15(2)25-14)22-20(11-24-21(28)8-7-18-5-6-18)26-23(30-22)27-12-16(3)29-17(4)13-27/h9-10,16-18H,5-8,11-13H2,1-4H3,(H,24,28)/t16-,17+. The van der Waals surface area contributed by atoms with Crippen molar-refractivity contribution >= 4 is 22.4 Å². The van der Waals surface area contributed by atoms with E-state index in [1.807, 2.05) is 13.8 Å². The number of thiazole rings is 1. The summed E-state index contributed by atoms with van der Waals surface area (Å²) >= 11 is 1.70. The van der Waals surface area contributed by atoms with Crippen molar-refractivity contribution in [2.24, 2.45) is 5.92 Å². The molecule has 1 N–H and O–H groups in total. The minimum Gasteiger partial charge on any atom is -0.372 e. The van der Waals surface area contributed by atoms with E-state index in [1.54, 1.807) is 11.3 Å². The number of hydrogen-bond acceptors (Lipinski definition) is 6. The van der Waals surface area contributed by atoms with Crippen LogP contribution in [0.4, 0.5) is 5.13 Å². The van der Waals surface area contributed by atoms with Gasteiger partial charge in [0.2, 0.25) is 5.91 Å². The number of hydrogen-bond donors (Lipinski definition) is 1. The fourth-order valence-corrected chi connectivity index (χ4v) is 5.22. The number of carbonyl (C=O) groups is 1. The van der Waals surface area contributed by atoms with E-state index in [0.717, 1.165) is 58.1 Å². The van der Waals surface area contributed by atoms with Gasteiger partial charge >= 0.3 is 0 Å². The molecule has 6 nitrogen and oxygen atoms in total. The number of pyridine rings is 1. The average Bonchev–Trinajstić information content (AvgIpc) is 3.40. The molecule has 0 spiro atoms. The highest BCUT2D eigenvalue weighted by Gasteiger charge is 2.26. The number of carbonyl (C=O) groups excluding carboxylic acids is 1. The van der Waals surface area contributed by atoms with Crippen molar-refractivity contribution in [1.82, 2.24) is 15.3 Å². The second-order valence-electron chi connectivity index (χ2n) is 8.83. The van der Waals surface area contributed by atoms with Crippen LogP contribution in [0.1, 0.15) is 56.6 Å². The van der Waals surface area contributed by atoms with Crippen molar-refractivity contribution in [3.05, 3.63) is 29.2 Å². The van der Waals surface area contributed by atoms with Gasteiger partial charge in [0.05, 0.1) is 29.3 Å². The van der Waals surface area contributed by atoms with Crippen LogP contribution in [0.5, 0.6) is 0 Å². The Hall–Kier alpha value is -1.99. The number of rotatable bonds is 7. The SMILES string of the molecule is Cc1cc(-c2sc(N3C[C@@H](C)O[C@@H](C)C3)nc2CNC(=O)CCC2CC2)cc(C)n1. The van der Waals surface area contributed by atoms with Gasteiger partial charge in [-0.1, -0.05) is 24.2 Å². The second-order valence-corrected chi connectivity index (χ2v) is 9.81. The molecule has 30 heavy (non-hydrogen) atoms. The summed E-state index contributed by atoms with van der Waals surface area (Å²) in [6, 6.07) is 4.21. The largest absolute Gasteiger partial charge is 0.372 e. The van der Waals surface area contributed by atoms with Crippen molar-refractivity contribution in [2.45, 2.75) is 72.1 Å². The van der Waals surface area contributed by atoms with Gasteiger partial charge in [-0.2, -0.15) is 0 Å². The van der Waals surface area contributed by atoms with Crippen LogP contribution in [0.3, 0.4) is 0 Å². The highest BCUT2D eigenvalue weighted by atomic mass is 32.1. The molecule has 7 heteroatoms. The molecular weight excluding hydrogens is 396 g/mol. The molecule has 2 fully saturated rings. The topological polar surface area (TPSA) is 67.3 Å². The highest BCUT2D eigenvalue weighted by molar-refractivity contribution is 7.19. The number of nitrogens with zero attached hydrogens (tertiary/aromatic N) is 3. The van der Waals surface area contributed by atoms with Crippen LogP contribution in [0.15, 0.2) is 12.1 Å². The van der Waals surface area contributed by atoms with Gasteiger partial charge in [0.15, 0.2) is 5.13 Å². The lowest BCUT2D eigenvalue weighted by Gasteiger charge is -2.35. The summed E-state index contributed by atoms with van der Waals surface area (Å²) in [7, 11) is 0. The van der Waals surface area contributed by atoms with Crippen LogP contribution >= 0.6 is 11.3 Å². The maximum absolute atomic E-state index is 12.3. The van der Waals surface area contributed by atoms with Gasteiger partial charge in [0.25, 0.3) is 0 Å². The highest BCUT2D eigenvalue weighted by Crippen LogP contribution is 2.37. The third kappa shape index (κ3) is 5.38. The normalized spacial score (nSPS) is 21.7. The van der Waals surface area contributed by atoms with Gasteiger partial charge in [0, 0.05) is 30.9 Å². The van der Waals surface area contributed by atoms with Crippen LogP contribution in [0.25, 0.3) is 10.4 Å². The maximum atomic E-state index is 12.3. The lowest BCUT2D eigenvalue weighted by molar-refractivity contribution is -0.121. The van der Waals surface area contributed by atoms with Gasteiger partial charge in [-0.25, -0.2) is 4.98 Å². The molecule has 0 bridgehead atoms. The van der Waals surface area contributed by atoms with Gasteiger partial charge < -0.3 is 15.0 Å². The van der Waals surface area contributed by atoms with Crippen molar-refractivity contribution in [3.8, 4) is 10.4 Å². The molecule has 2 aromatic heterocycles. The van der Waals surface area contributed by atoms with Crippen LogP contribution in [0.2, 0.25) is 0 Å². The number of aryl methyl sites for hydroxylation is 2. The number of nitrogens with one attached hydrogen (secondary N) is 1. The third-order valence-corrected chi connectivity index (χ3v) is 6.86. The number of amides is 1. The van der Waals surface area contributed by atoms with E-state index in [2.05, 4.69) is 41.2 Å². The third-order valence-electron chi connectivity index (χ3n) is 5.65. The van der Waals surface area contributed by atoms with Crippen molar-refractivity contribution in [2.75, 3.05) is 18.0 Å². The molecule has 0 aromatic carbocycles. The Kier molecular flexibility index (Phi) is 6.39. The van der Waals surface area contributed by atoms with E-state index in [4.69, 9.17) is 9.72 Å². The Morgan fingerprint density at radius 2 is 1.83 bits per heavy atom. The molecule has 2 atom stereocenters. The summed E-state index contributed by atoms with van der Waals surface area (Å²) in [6.07, 6.45) is 4.54. The van der Waals surface area contributed by atoms with Gasteiger partial charge in [-0.05, 0) is 57.7 Å². The van der Waals surface area contributed by atoms with E-state index in [9.17, 15) is 4.79 Å².